The lowest BCUT2D eigenvalue weighted by Crippen LogP contribution is -2.25. The predicted molar refractivity (Wildman–Crippen MR) is 71.4 cm³/mol. The summed E-state index contributed by atoms with van der Waals surface area (Å²) in [7, 11) is 0. The Labute approximate surface area is 109 Å². The summed E-state index contributed by atoms with van der Waals surface area (Å²) >= 11 is 0. The van der Waals surface area contributed by atoms with Gasteiger partial charge in [0, 0.05) is 0 Å². The van der Waals surface area contributed by atoms with Crippen LogP contribution in [0.3, 0.4) is 0 Å². The van der Waals surface area contributed by atoms with Gasteiger partial charge in [0.1, 0.15) is 0 Å². The van der Waals surface area contributed by atoms with Crippen LogP contribution in [-0.2, 0) is 20.9 Å². The molecule has 0 N–H and O–H groups in total. The number of hydrogen-bond acceptors (Lipinski definition) is 3. The highest BCUT2D eigenvalue weighted by atomic mass is 16.6. The van der Waals surface area contributed by atoms with Gasteiger partial charge >= 0.3 is 5.97 Å². The van der Waals surface area contributed by atoms with Crippen molar-refractivity contribution in [2.24, 2.45) is 0 Å². The average molecular weight is 250 g/mol. The largest absolute Gasteiger partial charge is 0.464 e. The van der Waals surface area contributed by atoms with E-state index in [2.05, 4.69) is 26.0 Å². The van der Waals surface area contributed by atoms with Gasteiger partial charge in [0.25, 0.3) is 0 Å². The second-order valence-corrected chi connectivity index (χ2v) is 4.39. The number of aryl methyl sites for hydroxylation is 2. The fraction of sp³-hybridized carbons (Fsp3) is 0.533. The first-order chi connectivity index (χ1) is 8.58. The van der Waals surface area contributed by atoms with E-state index < -0.39 is 6.10 Å². The number of carbonyl (C=O) groups excluding carboxylic acids is 1. The maximum absolute atomic E-state index is 11.6. The van der Waals surface area contributed by atoms with Crippen molar-refractivity contribution in [3.05, 3.63) is 34.9 Å². The van der Waals surface area contributed by atoms with Gasteiger partial charge in [0.2, 0.25) is 0 Å². The zero-order valence-corrected chi connectivity index (χ0v) is 11.7. The summed E-state index contributed by atoms with van der Waals surface area (Å²) in [4.78, 5) is 11.6. The Morgan fingerprint density at radius 3 is 2.56 bits per heavy atom. The van der Waals surface area contributed by atoms with Crippen molar-refractivity contribution in [1.29, 1.82) is 0 Å². The van der Waals surface area contributed by atoms with E-state index in [4.69, 9.17) is 9.47 Å². The van der Waals surface area contributed by atoms with E-state index >= 15 is 0 Å². The average Bonchev–Trinajstić information content (AvgIpc) is 2.32. The van der Waals surface area contributed by atoms with Crippen LogP contribution in [0.5, 0.6) is 0 Å². The molecule has 0 heterocycles. The first kappa shape index (κ1) is 14.7. The van der Waals surface area contributed by atoms with Crippen LogP contribution in [0.15, 0.2) is 18.2 Å². The summed E-state index contributed by atoms with van der Waals surface area (Å²) in [6.45, 7) is 8.67. The standard InChI is InChI=1S/C15H22O3/c1-5-14(15(16)17-6-2)18-10-13-8-7-11(3)9-12(13)4/h7-9,14H,5-6,10H2,1-4H3. The SMILES string of the molecule is CCOC(=O)C(CC)OCc1ccc(C)cc1C. The molecule has 1 atom stereocenters. The molecule has 1 aromatic carbocycles. The van der Waals surface area contributed by atoms with Crippen LogP contribution >= 0.6 is 0 Å². The molecule has 1 unspecified atom stereocenters. The second-order valence-electron chi connectivity index (χ2n) is 4.39. The molecule has 0 amide bonds. The molecule has 0 aliphatic carbocycles. The van der Waals surface area contributed by atoms with E-state index in [1.165, 1.54) is 11.1 Å². The van der Waals surface area contributed by atoms with Gasteiger partial charge in [-0.3, -0.25) is 0 Å². The van der Waals surface area contributed by atoms with Crippen LogP contribution < -0.4 is 0 Å². The molecule has 0 fully saturated rings. The highest BCUT2D eigenvalue weighted by Crippen LogP contribution is 2.13. The molecular formula is C15H22O3. The maximum atomic E-state index is 11.6. The van der Waals surface area contributed by atoms with Crippen molar-refractivity contribution in [2.75, 3.05) is 6.61 Å². The Kier molecular flexibility index (Phi) is 5.86. The smallest absolute Gasteiger partial charge is 0.335 e. The van der Waals surface area contributed by atoms with Crippen molar-refractivity contribution < 1.29 is 14.3 Å². The third kappa shape index (κ3) is 4.15. The Morgan fingerprint density at radius 1 is 1.28 bits per heavy atom. The normalized spacial score (nSPS) is 12.2. The first-order valence-electron chi connectivity index (χ1n) is 6.42. The fourth-order valence-corrected chi connectivity index (χ4v) is 1.79. The molecule has 0 saturated heterocycles. The third-order valence-corrected chi connectivity index (χ3v) is 2.86. The first-order valence-corrected chi connectivity index (χ1v) is 6.42. The Bertz CT molecular complexity index is 399. The summed E-state index contributed by atoms with van der Waals surface area (Å²) in [6, 6.07) is 6.21. The number of benzene rings is 1. The monoisotopic (exact) mass is 250 g/mol. The van der Waals surface area contributed by atoms with Gasteiger partial charge in [-0.05, 0) is 38.3 Å². The van der Waals surface area contributed by atoms with Gasteiger partial charge in [-0.15, -0.1) is 0 Å². The van der Waals surface area contributed by atoms with Crippen LogP contribution in [0.2, 0.25) is 0 Å². The van der Waals surface area contributed by atoms with Gasteiger partial charge in [0.15, 0.2) is 6.10 Å². The number of carbonyl (C=O) groups is 1. The van der Waals surface area contributed by atoms with Gasteiger partial charge in [-0.25, -0.2) is 4.79 Å². The predicted octanol–water partition coefficient (Wildman–Crippen LogP) is 3.16. The van der Waals surface area contributed by atoms with Crippen molar-refractivity contribution in [3.63, 3.8) is 0 Å². The van der Waals surface area contributed by atoms with Crippen molar-refractivity contribution in [1.82, 2.24) is 0 Å². The van der Waals surface area contributed by atoms with E-state index in [1.807, 2.05) is 13.0 Å². The molecule has 0 aromatic heterocycles. The summed E-state index contributed by atoms with van der Waals surface area (Å²) < 4.78 is 10.6. The molecule has 1 rings (SSSR count). The highest BCUT2D eigenvalue weighted by molar-refractivity contribution is 5.74. The molecular weight excluding hydrogens is 228 g/mol. The van der Waals surface area contributed by atoms with Crippen LogP contribution in [-0.4, -0.2) is 18.7 Å². The summed E-state index contributed by atoms with van der Waals surface area (Å²) in [5.41, 5.74) is 3.53. The van der Waals surface area contributed by atoms with Gasteiger partial charge in [0.05, 0.1) is 13.2 Å². The second kappa shape index (κ2) is 7.17. The minimum atomic E-state index is -0.467. The zero-order chi connectivity index (χ0) is 13.5. The van der Waals surface area contributed by atoms with E-state index in [0.717, 1.165) is 5.56 Å². The third-order valence-electron chi connectivity index (χ3n) is 2.86. The lowest BCUT2D eigenvalue weighted by Gasteiger charge is -2.15. The van der Waals surface area contributed by atoms with Gasteiger partial charge in [-0.2, -0.15) is 0 Å². The van der Waals surface area contributed by atoms with Crippen molar-refractivity contribution in [3.8, 4) is 0 Å². The van der Waals surface area contributed by atoms with Crippen LogP contribution in [0.25, 0.3) is 0 Å². The number of hydrogen-bond donors (Lipinski definition) is 0. The zero-order valence-electron chi connectivity index (χ0n) is 11.7. The number of esters is 1. The molecule has 3 heteroatoms. The number of rotatable bonds is 6. The molecule has 100 valence electrons. The minimum absolute atomic E-state index is 0.273. The van der Waals surface area contributed by atoms with E-state index in [9.17, 15) is 4.79 Å². The van der Waals surface area contributed by atoms with Gasteiger partial charge in [-0.1, -0.05) is 30.7 Å². The highest BCUT2D eigenvalue weighted by Gasteiger charge is 2.18. The Hall–Kier alpha value is -1.35. The quantitative estimate of drug-likeness (QED) is 0.727. The molecule has 0 aliphatic heterocycles. The molecule has 0 spiro atoms. The van der Waals surface area contributed by atoms with Crippen molar-refractivity contribution in [2.45, 2.75) is 46.8 Å². The van der Waals surface area contributed by atoms with Crippen molar-refractivity contribution >= 4 is 5.97 Å². The summed E-state index contributed by atoms with van der Waals surface area (Å²) in [5.74, 6) is -0.273. The van der Waals surface area contributed by atoms with E-state index in [-0.39, 0.29) is 5.97 Å². The molecule has 0 saturated carbocycles. The lowest BCUT2D eigenvalue weighted by molar-refractivity contribution is -0.157. The molecule has 3 nitrogen and oxygen atoms in total. The molecule has 0 radical (unpaired) electrons. The van der Waals surface area contributed by atoms with Crippen LogP contribution in [0, 0.1) is 13.8 Å². The lowest BCUT2D eigenvalue weighted by atomic mass is 10.1. The summed E-state index contributed by atoms with van der Waals surface area (Å²) in [5, 5.41) is 0. The molecule has 18 heavy (non-hydrogen) atoms. The van der Waals surface area contributed by atoms with E-state index in [0.29, 0.717) is 19.6 Å². The summed E-state index contributed by atoms with van der Waals surface area (Å²) in [6.07, 6.45) is 0.162. The maximum Gasteiger partial charge on any atom is 0.335 e. The van der Waals surface area contributed by atoms with E-state index in [1.54, 1.807) is 6.92 Å². The minimum Gasteiger partial charge on any atom is -0.464 e. The fourth-order valence-electron chi connectivity index (χ4n) is 1.79. The van der Waals surface area contributed by atoms with Crippen LogP contribution in [0.1, 0.15) is 37.0 Å². The molecule has 0 aliphatic rings. The Balaban J connectivity index is 2.59. The Morgan fingerprint density at radius 2 is 2.00 bits per heavy atom. The number of ether oxygens (including phenoxy) is 2. The van der Waals surface area contributed by atoms with Gasteiger partial charge < -0.3 is 9.47 Å². The topological polar surface area (TPSA) is 35.5 Å². The van der Waals surface area contributed by atoms with Crippen LogP contribution in [0.4, 0.5) is 0 Å². The molecule has 0 bridgehead atoms. The molecule has 1 aromatic rings.